The Kier molecular flexibility index (Phi) is 3.90. The summed E-state index contributed by atoms with van der Waals surface area (Å²) in [5, 5.41) is 8.43. The van der Waals surface area contributed by atoms with E-state index in [2.05, 4.69) is 27.1 Å². The highest BCUT2D eigenvalue weighted by atomic mass is 19.3. The molecule has 1 aliphatic heterocycles. The van der Waals surface area contributed by atoms with E-state index in [-0.39, 0.29) is 17.7 Å². The summed E-state index contributed by atoms with van der Waals surface area (Å²) in [6, 6.07) is 16.6. The third kappa shape index (κ3) is 3.07. The van der Waals surface area contributed by atoms with Crippen LogP contribution >= 0.6 is 0 Å². The van der Waals surface area contributed by atoms with Crippen molar-refractivity contribution in [2.45, 2.75) is 18.6 Å². The van der Waals surface area contributed by atoms with Gasteiger partial charge >= 0.3 is 6.61 Å². The van der Waals surface area contributed by atoms with E-state index in [1.807, 2.05) is 18.2 Å². The lowest BCUT2D eigenvalue weighted by Gasteiger charge is -2.17. The molecule has 1 heterocycles. The first-order valence-electron chi connectivity index (χ1n) is 6.70. The van der Waals surface area contributed by atoms with E-state index in [1.54, 1.807) is 12.1 Å². The summed E-state index contributed by atoms with van der Waals surface area (Å²) < 4.78 is 28.7. The Bertz CT molecular complexity index is 614. The second-order valence-electron chi connectivity index (χ2n) is 4.85. The number of halogens is 2. The van der Waals surface area contributed by atoms with Crippen LogP contribution in [0.5, 0.6) is 5.75 Å². The number of alkyl halides is 2. The van der Waals surface area contributed by atoms with E-state index in [0.717, 1.165) is 5.56 Å². The Hall–Kier alpha value is -2.30. The molecule has 3 rings (SSSR count). The Labute approximate surface area is 121 Å². The molecule has 108 valence electrons. The quantitative estimate of drug-likeness (QED) is 0.810. The van der Waals surface area contributed by atoms with Gasteiger partial charge in [0.25, 0.3) is 0 Å². The minimum Gasteiger partial charge on any atom is -0.435 e. The summed E-state index contributed by atoms with van der Waals surface area (Å²) >= 11 is 0. The summed E-state index contributed by atoms with van der Waals surface area (Å²) in [4.78, 5) is 0. The molecule has 0 saturated carbocycles. The normalized spacial score (nSPS) is 20.9. The zero-order valence-electron chi connectivity index (χ0n) is 11.2. The van der Waals surface area contributed by atoms with Gasteiger partial charge in [-0.15, -0.1) is 0 Å². The van der Waals surface area contributed by atoms with Gasteiger partial charge in [-0.3, -0.25) is 0 Å². The smallest absolute Gasteiger partial charge is 0.387 e. The van der Waals surface area contributed by atoms with Crippen LogP contribution in [0.2, 0.25) is 0 Å². The molecule has 0 aromatic heterocycles. The number of hydrogen-bond donors (Lipinski definition) is 0. The van der Waals surface area contributed by atoms with Crippen LogP contribution in [0.15, 0.2) is 64.8 Å². The number of hydrogen-bond acceptors (Lipinski definition) is 3. The molecule has 0 fully saturated rings. The molecule has 0 aliphatic carbocycles. The van der Waals surface area contributed by atoms with E-state index in [1.165, 1.54) is 17.7 Å². The molecule has 0 radical (unpaired) electrons. The maximum absolute atomic E-state index is 12.1. The Balaban J connectivity index is 1.80. The van der Waals surface area contributed by atoms with Gasteiger partial charge in [0.1, 0.15) is 11.8 Å². The number of azo groups is 1. The first-order chi connectivity index (χ1) is 10.2. The van der Waals surface area contributed by atoms with E-state index >= 15 is 0 Å². The molecule has 0 saturated heterocycles. The van der Waals surface area contributed by atoms with Gasteiger partial charge in [-0.05, 0) is 23.3 Å². The molecule has 2 unspecified atom stereocenters. The zero-order chi connectivity index (χ0) is 14.7. The lowest BCUT2D eigenvalue weighted by atomic mass is 9.88. The van der Waals surface area contributed by atoms with Gasteiger partial charge in [-0.2, -0.15) is 19.0 Å². The van der Waals surface area contributed by atoms with Gasteiger partial charge in [0.15, 0.2) is 0 Å². The molecule has 3 nitrogen and oxygen atoms in total. The van der Waals surface area contributed by atoms with Gasteiger partial charge in [-0.1, -0.05) is 42.5 Å². The third-order valence-corrected chi connectivity index (χ3v) is 3.54. The number of nitrogens with zero attached hydrogens (tertiary/aromatic N) is 2. The Morgan fingerprint density at radius 3 is 2.33 bits per heavy atom. The molecule has 1 aliphatic rings. The molecule has 21 heavy (non-hydrogen) atoms. The summed E-state index contributed by atoms with van der Waals surface area (Å²) in [7, 11) is 0. The van der Waals surface area contributed by atoms with Crippen molar-refractivity contribution >= 4 is 0 Å². The molecule has 2 atom stereocenters. The fourth-order valence-electron chi connectivity index (χ4n) is 2.54. The van der Waals surface area contributed by atoms with Crippen LogP contribution in [0.25, 0.3) is 0 Å². The standard InChI is InChI=1S/C16H14F2N2O/c17-16(18)21-13-8-6-12(7-9-13)15-14(10-19-20-15)11-4-2-1-3-5-11/h1-9,14-16H,10H2. The molecule has 0 bridgehead atoms. The molecule has 0 amide bonds. The van der Waals surface area contributed by atoms with Gasteiger partial charge in [0.2, 0.25) is 0 Å². The topological polar surface area (TPSA) is 34.0 Å². The van der Waals surface area contributed by atoms with E-state index in [4.69, 9.17) is 0 Å². The highest BCUT2D eigenvalue weighted by Crippen LogP contribution is 2.39. The van der Waals surface area contributed by atoms with Crippen LogP contribution in [0.3, 0.4) is 0 Å². The fraction of sp³-hybridized carbons (Fsp3) is 0.250. The summed E-state index contributed by atoms with van der Waals surface area (Å²) in [5.41, 5.74) is 2.13. The first kappa shape index (κ1) is 13.7. The molecule has 0 N–H and O–H groups in total. The average molecular weight is 288 g/mol. The van der Waals surface area contributed by atoms with Crippen molar-refractivity contribution in [2.24, 2.45) is 10.2 Å². The highest BCUT2D eigenvalue weighted by molar-refractivity contribution is 5.33. The predicted octanol–water partition coefficient (Wildman–Crippen LogP) is 4.58. The van der Waals surface area contributed by atoms with Crippen molar-refractivity contribution in [2.75, 3.05) is 6.54 Å². The van der Waals surface area contributed by atoms with Crippen molar-refractivity contribution in [3.63, 3.8) is 0 Å². The van der Waals surface area contributed by atoms with Crippen LogP contribution in [0.4, 0.5) is 8.78 Å². The highest BCUT2D eigenvalue weighted by Gasteiger charge is 2.28. The molecule has 0 spiro atoms. The SMILES string of the molecule is FC(F)Oc1ccc(C2N=NCC2c2ccccc2)cc1. The van der Waals surface area contributed by atoms with Crippen molar-refractivity contribution in [1.29, 1.82) is 0 Å². The fourth-order valence-corrected chi connectivity index (χ4v) is 2.54. The van der Waals surface area contributed by atoms with Crippen molar-refractivity contribution in [1.82, 2.24) is 0 Å². The first-order valence-corrected chi connectivity index (χ1v) is 6.70. The second-order valence-corrected chi connectivity index (χ2v) is 4.85. The van der Waals surface area contributed by atoms with Gasteiger partial charge in [0.05, 0.1) is 6.54 Å². The summed E-state index contributed by atoms with van der Waals surface area (Å²) in [6.45, 7) is -2.16. The zero-order valence-corrected chi connectivity index (χ0v) is 11.2. The second kappa shape index (κ2) is 5.99. The van der Waals surface area contributed by atoms with Crippen molar-refractivity contribution in [3.8, 4) is 5.75 Å². The maximum Gasteiger partial charge on any atom is 0.387 e. The van der Waals surface area contributed by atoms with E-state index in [0.29, 0.717) is 6.54 Å². The van der Waals surface area contributed by atoms with E-state index in [9.17, 15) is 8.78 Å². The van der Waals surface area contributed by atoms with Gasteiger partial charge in [0, 0.05) is 5.92 Å². The minimum absolute atomic E-state index is 0.0759. The largest absolute Gasteiger partial charge is 0.435 e. The molecule has 2 aromatic rings. The number of rotatable bonds is 4. The lowest BCUT2D eigenvalue weighted by Crippen LogP contribution is -2.08. The van der Waals surface area contributed by atoms with E-state index < -0.39 is 6.61 Å². The maximum atomic E-state index is 12.1. The number of benzene rings is 2. The monoisotopic (exact) mass is 288 g/mol. The summed E-state index contributed by atoms with van der Waals surface area (Å²) in [5.74, 6) is 0.341. The van der Waals surface area contributed by atoms with Crippen molar-refractivity contribution in [3.05, 3.63) is 65.7 Å². The molecule has 2 aromatic carbocycles. The molecular weight excluding hydrogens is 274 g/mol. The molecule has 5 heteroatoms. The Morgan fingerprint density at radius 2 is 1.67 bits per heavy atom. The number of ether oxygens (including phenoxy) is 1. The van der Waals surface area contributed by atoms with Crippen molar-refractivity contribution < 1.29 is 13.5 Å². The third-order valence-electron chi connectivity index (χ3n) is 3.54. The van der Waals surface area contributed by atoms with Crippen LogP contribution in [0, 0.1) is 0 Å². The van der Waals surface area contributed by atoms with Gasteiger partial charge < -0.3 is 4.74 Å². The Morgan fingerprint density at radius 1 is 0.952 bits per heavy atom. The van der Waals surface area contributed by atoms with Crippen LogP contribution in [0.1, 0.15) is 23.1 Å². The molecular formula is C16H14F2N2O. The van der Waals surface area contributed by atoms with Crippen LogP contribution in [-0.4, -0.2) is 13.2 Å². The average Bonchev–Trinajstić information content (AvgIpc) is 2.98. The minimum atomic E-state index is -2.81. The lowest BCUT2D eigenvalue weighted by molar-refractivity contribution is -0.0498. The van der Waals surface area contributed by atoms with Crippen LogP contribution in [-0.2, 0) is 0 Å². The summed E-state index contributed by atoms with van der Waals surface area (Å²) in [6.07, 6.45) is 0. The van der Waals surface area contributed by atoms with Gasteiger partial charge in [-0.25, -0.2) is 0 Å². The van der Waals surface area contributed by atoms with Crippen LogP contribution < -0.4 is 4.74 Å². The predicted molar refractivity (Wildman–Crippen MR) is 74.7 cm³/mol.